The lowest BCUT2D eigenvalue weighted by Crippen LogP contribution is -2.32. The van der Waals surface area contributed by atoms with Crippen LogP contribution in [-0.4, -0.2) is 23.9 Å². The van der Waals surface area contributed by atoms with Gasteiger partial charge in [0, 0.05) is 12.1 Å². The first-order valence-corrected chi connectivity index (χ1v) is 5.45. The number of aryl methyl sites for hydroxylation is 1. The monoisotopic (exact) mass is 204 g/mol. The van der Waals surface area contributed by atoms with Crippen LogP contribution in [0.2, 0.25) is 0 Å². The molecule has 0 amide bonds. The van der Waals surface area contributed by atoms with Crippen molar-refractivity contribution >= 4 is 5.78 Å². The first kappa shape index (κ1) is 10.3. The summed E-state index contributed by atoms with van der Waals surface area (Å²) < 4.78 is 0. The first-order chi connectivity index (χ1) is 7.27. The number of Topliss-reactive ketones (excluding diaryl/α,β-unsaturated/α-hetero) is 1. The van der Waals surface area contributed by atoms with Crippen molar-refractivity contribution in [3.63, 3.8) is 0 Å². The summed E-state index contributed by atoms with van der Waals surface area (Å²) in [7, 11) is 0. The van der Waals surface area contributed by atoms with Gasteiger partial charge in [-0.3, -0.25) is 9.78 Å². The second-order valence-corrected chi connectivity index (χ2v) is 4.11. The Morgan fingerprint density at radius 1 is 1.40 bits per heavy atom. The Bertz CT molecular complexity index is 339. The van der Waals surface area contributed by atoms with Crippen LogP contribution in [0.15, 0.2) is 18.3 Å². The fourth-order valence-electron chi connectivity index (χ4n) is 1.91. The predicted octanol–water partition coefficient (Wildman–Crippen LogP) is 1.57. The largest absolute Gasteiger partial charge is 0.317 e. The van der Waals surface area contributed by atoms with Crippen LogP contribution in [0.25, 0.3) is 0 Å². The number of nitrogens with one attached hydrogen (secondary N) is 1. The summed E-state index contributed by atoms with van der Waals surface area (Å²) in [6.07, 6.45) is 3.64. The molecule has 0 saturated carbocycles. The fraction of sp³-hybridized carbons (Fsp3) is 0.500. The van der Waals surface area contributed by atoms with E-state index in [1.165, 1.54) is 0 Å². The molecule has 3 nitrogen and oxygen atoms in total. The maximum Gasteiger partial charge on any atom is 0.184 e. The van der Waals surface area contributed by atoms with Crippen LogP contribution in [0, 0.1) is 12.8 Å². The maximum absolute atomic E-state index is 12.0. The molecule has 2 heterocycles. The third kappa shape index (κ3) is 2.42. The third-order valence-corrected chi connectivity index (χ3v) is 2.87. The number of carbonyl (C=O) groups excluding carboxylic acids is 1. The molecule has 15 heavy (non-hydrogen) atoms. The number of rotatable bonds is 2. The quantitative estimate of drug-likeness (QED) is 0.743. The molecule has 0 atom stereocenters. The van der Waals surface area contributed by atoms with E-state index in [1.54, 1.807) is 6.20 Å². The van der Waals surface area contributed by atoms with Gasteiger partial charge >= 0.3 is 0 Å². The van der Waals surface area contributed by atoms with Gasteiger partial charge in [-0.15, -0.1) is 0 Å². The van der Waals surface area contributed by atoms with Crippen molar-refractivity contribution in [2.45, 2.75) is 19.8 Å². The molecule has 1 fully saturated rings. The highest BCUT2D eigenvalue weighted by molar-refractivity contribution is 5.96. The van der Waals surface area contributed by atoms with E-state index in [0.717, 1.165) is 31.5 Å². The van der Waals surface area contributed by atoms with Crippen molar-refractivity contribution in [3.8, 4) is 0 Å². The molecule has 0 radical (unpaired) electrons. The minimum Gasteiger partial charge on any atom is -0.317 e. The molecular weight excluding hydrogens is 188 g/mol. The highest BCUT2D eigenvalue weighted by atomic mass is 16.1. The highest BCUT2D eigenvalue weighted by Crippen LogP contribution is 2.16. The zero-order chi connectivity index (χ0) is 10.7. The number of nitrogens with zero attached hydrogens (tertiary/aromatic N) is 1. The van der Waals surface area contributed by atoms with Crippen LogP contribution in [0.1, 0.15) is 28.9 Å². The third-order valence-electron chi connectivity index (χ3n) is 2.87. The Kier molecular flexibility index (Phi) is 3.11. The Balaban J connectivity index is 2.09. The Morgan fingerprint density at radius 3 is 2.73 bits per heavy atom. The predicted molar refractivity (Wildman–Crippen MR) is 58.9 cm³/mol. The first-order valence-electron chi connectivity index (χ1n) is 5.45. The Labute approximate surface area is 89.9 Å². The number of carbonyl (C=O) groups is 1. The summed E-state index contributed by atoms with van der Waals surface area (Å²) in [5, 5.41) is 3.26. The second kappa shape index (κ2) is 4.53. The summed E-state index contributed by atoms with van der Waals surface area (Å²) in [6.45, 7) is 3.87. The highest BCUT2D eigenvalue weighted by Gasteiger charge is 2.22. The molecule has 2 rings (SSSR count). The normalized spacial score (nSPS) is 17.7. The number of hydrogen-bond acceptors (Lipinski definition) is 3. The van der Waals surface area contributed by atoms with Gasteiger partial charge in [0.25, 0.3) is 0 Å². The van der Waals surface area contributed by atoms with Crippen LogP contribution >= 0.6 is 0 Å². The lowest BCUT2D eigenvalue weighted by Gasteiger charge is -2.20. The standard InChI is InChI=1S/C12H16N2O/c1-9-2-3-11(14-8-9)12(15)10-4-6-13-7-5-10/h2-3,8,10,13H,4-7H2,1H3. The van der Waals surface area contributed by atoms with Crippen molar-refractivity contribution in [1.82, 2.24) is 10.3 Å². The Hall–Kier alpha value is -1.22. The van der Waals surface area contributed by atoms with Gasteiger partial charge in [-0.05, 0) is 44.5 Å². The average Bonchev–Trinajstić information content (AvgIpc) is 2.30. The molecule has 1 N–H and O–H groups in total. The molecular formula is C12H16N2O. The average molecular weight is 204 g/mol. The van der Waals surface area contributed by atoms with Gasteiger partial charge in [0.15, 0.2) is 5.78 Å². The summed E-state index contributed by atoms with van der Waals surface area (Å²) in [5.41, 5.74) is 1.71. The summed E-state index contributed by atoms with van der Waals surface area (Å²) in [4.78, 5) is 16.2. The summed E-state index contributed by atoms with van der Waals surface area (Å²) >= 11 is 0. The van der Waals surface area contributed by atoms with E-state index < -0.39 is 0 Å². The minimum atomic E-state index is 0.168. The minimum absolute atomic E-state index is 0.168. The number of hydrogen-bond donors (Lipinski definition) is 1. The lowest BCUT2D eigenvalue weighted by molar-refractivity contribution is 0.0890. The van der Waals surface area contributed by atoms with Crippen molar-refractivity contribution in [2.75, 3.05) is 13.1 Å². The van der Waals surface area contributed by atoms with Crippen molar-refractivity contribution in [3.05, 3.63) is 29.6 Å². The second-order valence-electron chi connectivity index (χ2n) is 4.11. The maximum atomic E-state index is 12.0. The summed E-state index contributed by atoms with van der Waals surface area (Å²) in [6, 6.07) is 3.78. The molecule has 1 saturated heterocycles. The molecule has 0 aliphatic carbocycles. The van der Waals surface area contributed by atoms with Crippen LogP contribution in [0.5, 0.6) is 0 Å². The molecule has 0 bridgehead atoms. The number of aromatic nitrogens is 1. The molecule has 0 spiro atoms. The molecule has 0 unspecified atom stereocenters. The molecule has 80 valence electrons. The van der Waals surface area contributed by atoms with Crippen molar-refractivity contribution in [1.29, 1.82) is 0 Å². The van der Waals surface area contributed by atoms with E-state index in [2.05, 4.69) is 10.3 Å². The molecule has 0 aromatic carbocycles. The van der Waals surface area contributed by atoms with E-state index >= 15 is 0 Å². The zero-order valence-electron chi connectivity index (χ0n) is 8.99. The molecule has 3 heteroatoms. The summed E-state index contributed by atoms with van der Waals surface area (Å²) in [5.74, 6) is 0.373. The van der Waals surface area contributed by atoms with Gasteiger partial charge in [-0.2, -0.15) is 0 Å². The topological polar surface area (TPSA) is 42.0 Å². The zero-order valence-corrected chi connectivity index (χ0v) is 8.99. The van der Waals surface area contributed by atoms with Crippen LogP contribution in [-0.2, 0) is 0 Å². The molecule has 1 aliphatic heterocycles. The van der Waals surface area contributed by atoms with Gasteiger partial charge in [-0.25, -0.2) is 0 Å². The van der Waals surface area contributed by atoms with Crippen LogP contribution in [0.3, 0.4) is 0 Å². The van der Waals surface area contributed by atoms with Gasteiger partial charge in [0.2, 0.25) is 0 Å². The lowest BCUT2D eigenvalue weighted by atomic mass is 9.91. The number of piperidine rings is 1. The van der Waals surface area contributed by atoms with Crippen LogP contribution < -0.4 is 5.32 Å². The molecule has 1 aromatic heterocycles. The van der Waals surface area contributed by atoms with Crippen LogP contribution in [0.4, 0.5) is 0 Å². The molecule has 1 aliphatic rings. The van der Waals surface area contributed by atoms with E-state index in [9.17, 15) is 4.79 Å². The fourth-order valence-corrected chi connectivity index (χ4v) is 1.91. The number of ketones is 1. The van der Waals surface area contributed by atoms with Crippen molar-refractivity contribution < 1.29 is 4.79 Å². The van der Waals surface area contributed by atoms with Crippen molar-refractivity contribution in [2.24, 2.45) is 5.92 Å². The Morgan fingerprint density at radius 2 is 2.13 bits per heavy atom. The van der Waals surface area contributed by atoms with E-state index in [0.29, 0.717) is 5.69 Å². The van der Waals surface area contributed by atoms with Gasteiger partial charge in [-0.1, -0.05) is 6.07 Å². The van der Waals surface area contributed by atoms with Gasteiger partial charge < -0.3 is 5.32 Å². The molecule has 1 aromatic rings. The van der Waals surface area contributed by atoms with Gasteiger partial charge in [0.05, 0.1) is 0 Å². The van der Waals surface area contributed by atoms with Gasteiger partial charge in [0.1, 0.15) is 5.69 Å². The van der Waals surface area contributed by atoms with E-state index in [1.807, 2.05) is 19.1 Å². The number of pyridine rings is 1. The SMILES string of the molecule is Cc1ccc(C(=O)C2CCNCC2)nc1. The van der Waals surface area contributed by atoms with E-state index in [4.69, 9.17) is 0 Å². The smallest absolute Gasteiger partial charge is 0.184 e. The van der Waals surface area contributed by atoms with E-state index in [-0.39, 0.29) is 11.7 Å².